The van der Waals surface area contributed by atoms with Crippen LogP contribution < -0.4 is 5.32 Å². The first-order valence-electron chi connectivity index (χ1n) is 5.56. The predicted octanol–water partition coefficient (Wildman–Crippen LogP) is 1.04. The summed E-state index contributed by atoms with van der Waals surface area (Å²) in [5, 5.41) is 3.25. The van der Waals surface area contributed by atoms with Gasteiger partial charge in [-0.15, -0.1) is 12.4 Å². The standard InChI is InChI=1S/C11H22N2O2.ClH/c1-9(2)13(3)10(14)11(15-4)5-7-12-8-6-11;/h9,12H,5-8H2,1-4H3;1H. The lowest BCUT2D eigenvalue weighted by Crippen LogP contribution is -2.55. The first-order chi connectivity index (χ1) is 7.03. The Balaban J connectivity index is 0.00000225. The molecule has 0 aromatic heterocycles. The van der Waals surface area contributed by atoms with Gasteiger partial charge in [-0.2, -0.15) is 0 Å². The van der Waals surface area contributed by atoms with E-state index in [0.717, 1.165) is 25.9 Å². The third-order valence-electron chi connectivity index (χ3n) is 3.29. The van der Waals surface area contributed by atoms with E-state index in [2.05, 4.69) is 5.32 Å². The van der Waals surface area contributed by atoms with Crippen molar-refractivity contribution in [3.63, 3.8) is 0 Å². The molecule has 16 heavy (non-hydrogen) atoms. The summed E-state index contributed by atoms with van der Waals surface area (Å²) in [4.78, 5) is 14.0. The molecule has 0 bridgehead atoms. The number of likely N-dealkylation sites (N-methyl/N-ethyl adjacent to an activating group) is 1. The van der Waals surface area contributed by atoms with Crippen molar-refractivity contribution < 1.29 is 9.53 Å². The van der Waals surface area contributed by atoms with Crippen molar-refractivity contribution in [2.75, 3.05) is 27.2 Å². The summed E-state index contributed by atoms with van der Waals surface area (Å²) >= 11 is 0. The molecule has 96 valence electrons. The zero-order valence-electron chi connectivity index (χ0n) is 10.6. The van der Waals surface area contributed by atoms with Crippen LogP contribution in [0.1, 0.15) is 26.7 Å². The van der Waals surface area contributed by atoms with Crippen molar-refractivity contribution in [1.82, 2.24) is 10.2 Å². The molecule has 4 nitrogen and oxygen atoms in total. The Labute approximate surface area is 104 Å². The topological polar surface area (TPSA) is 41.6 Å². The molecule has 1 N–H and O–H groups in total. The molecule has 1 fully saturated rings. The molecule has 0 aromatic rings. The van der Waals surface area contributed by atoms with Crippen LogP contribution >= 0.6 is 12.4 Å². The minimum Gasteiger partial charge on any atom is -0.368 e. The van der Waals surface area contributed by atoms with Crippen LogP contribution in [0.2, 0.25) is 0 Å². The van der Waals surface area contributed by atoms with E-state index in [-0.39, 0.29) is 24.4 Å². The normalized spacial score (nSPS) is 19.1. The maximum atomic E-state index is 12.3. The molecule has 1 aliphatic heterocycles. The van der Waals surface area contributed by atoms with Crippen LogP contribution in [-0.4, -0.2) is 49.7 Å². The molecule has 1 saturated heterocycles. The molecule has 0 atom stereocenters. The zero-order chi connectivity index (χ0) is 11.5. The summed E-state index contributed by atoms with van der Waals surface area (Å²) < 4.78 is 5.48. The quantitative estimate of drug-likeness (QED) is 0.814. The van der Waals surface area contributed by atoms with Crippen LogP contribution in [0.3, 0.4) is 0 Å². The minimum atomic E-state index is -0.593. The number of carbonyl (C=O) groups is 1. The summed E-state index contributed by atoms with van der Waals surface area (Å²) in [6.45, 7) is 5.74. The maximum Gasteiger partial charge on any atom is 0.254 e. The van der Waals surface area contributed by atoms with Crippen LogP contribution in [0.4, 0.5) is 0 Å². The van der Waals surface area contributed by atoms with Crippen LogP contribution in [0, 0.1) is 0 Å². The monoisotopic (exact) mass is 250 g/mol. The van der Waals surface area contributed by atoms with Crippen molar-refractivity contribution >= 4 is 18.3 Å². The number of hydrogen-bond acceptors (Lipinski definition) is 3. The molecule has 1 amide bonds. The average molecular weight is 251 g/mol. The summed E-state index contributed by atoms with van der Waals surface area (Å²) in [5.41, 5.74) is -0.593. The van der Waals surface area contributed by atoms with Crippen molar-refractivity contribution in [2.24, 2.45) is 0 Å². The Morgan fingerprint density at radius 2 is 1.88 bits per heavy atom. The van der Waals surface area contributed by atoms with Gasteiger partial charge in [-0.3, -0.25) is 4.79 Å². The molecule has 0 radical (unpaired) electrons. The lowest BCUT2D eigenvalue weighted by atomic mass is 9.90. The van der Waals surface area contributed by atoms with E-state index in [1.807, 2.05) is 20.9 Å². The summed E-state index contributed by atoms with van der Waals surface area (Å²) in [5.74, 6) is 0.113. The summed E-state index contributed by atoms with van der Waals surface area (Å²) in [7, 11) is 3.48. The highest BCUT2D eigenvalue weighted by Crippen LogP contribution is 2.25. The van der Waals surface area contributed by atoms with Crippen molar-refractivity contribution in [3.05, 3.63) is 0 Å². The van der Waals surface area contributed by atoms with Gasteiger partial charge in [-0.1, -0.05) is 0 Å². The van der Waals surface area contributed by atoms with Gasteiger partial charge in [0, 0.05) is 20.2 Å². The van der Waals surface area contributed by atoms with Gasteiger partial charge >= 0.3 is 0 Å². The van der Waals surface area contributed by atoms with Crippen molar-refractivity contribution in [3.8, 4) is 0 Å². The molecule has 1 aliphatic rings. The number of amides is 1. The van der Waals surface area contributed by atoms with Gasteiger partial charge in [-0.25, -0.2) is 0 Å². The van der Waals surface area contributed by atoms with Crippen molar-refractivity contribution in [1.29, 1.82) is 0 Å². The lowest BCUT2D eigenvalue weighted by molar-refractivity contribution is -0.158. The number of rotatable bonds is 3. The second-order valence-corrected chi connectivity index (χ2v) is 4.46. The second kappa shape index (κ2) is 6.42. The van der Waals surface area contributed by atoms with E-state index < -0.39 is 5.60 Å². The summed E-state index contributed by atoms with van der Waals surface area (Å²) in [6.07, 6.45) is 1.53. The van der Waals surface area contributed by atoms with Crippen LogP contribution in [0.25, 0.3) is 0 Å². The summed E-state index contributed by atoms with van der Waals surface area (Å²) in [6, 6.07) is 0.222. The largest absolute Gasteiger partial charge is 0.368 e. The second-order valence-electron chi connectivity index (χ2n) is 4.46. The van der Waals surface area contributed by atoms with Gasteiger partial charge in [-0.05, 0) is 39.8 Å². The van der Waals surface area contributed by atoms with E-state index in [1.54, 1.807) is 12.0 Å². The van der Waals surface area contributed by atoms with Crippen LogP contribution in [0.5, 0.6) is 0 Å². The smallest absolute Gasteiger partial charge is 0.254 e. The molecule has 0 aromatic carbocycles. The van der Waals surface area contributed by atoms with Gasteiger partial charge in [0.2, 0.25) is 0 Å². The Morgan fingerprint density at radius 1 is 1.38 bits per heavy atom. The number of methoxy groups -OCH3 is 1. The van der Waals surface area contributed by atoms with E-state index in [9.17, 15) is 4.79 Å². The highest BCUT2D eigenvalue weighted by Gasteiger charge is 2.41. The van der Waals surface area contributed by atoms with Crippen LogP contribution in [0.15, 0.2) is 0 Å². The number of ether oxygens (including phenoxy) is 1. The number of carbonyl (C=O) groups excluding carboxylic acids is 1. The fraction of sp³-hybridized carbons (Fsp3) is 0.909. The highest BCUT2D eigenvalue weighted by molar-refractivity contribution is 5.85. The number of nitrogens with one attached hydrogen (secondary N) is 1. The first-order valence-corrected chi connectivity index (χ1v) is 5.56. The Bertz CT molecular complexity index is 228. The fourth-order valence-corrected chi connectivity index (χ4v) is 1.89. The van der Waals surface area contributed by atoms with Crippen LogP contribution in [-0.2, 0) is 9.53 Å². The van der Waals surface area contributed by atoms with Gasteiger partial charge < -0.3 is 15.0 Å². The van der Waals surface area contributed by atoms with Gasteiger partial charge in [0.05, 0.1) is 0 Å². The zero-order valence-corrected chi connectivity index (χ0v) is 11.4. The van der Waals surface area contributed by atoms with Gasteiger partial charge in [0.1, 0.15) is 5.60 Å². The van der Waals surface area contributed by atoms with E-state index >= 15 is 0 Å². The third kappa shape index (κ3) is 3.09. The molecular weight excluding hydrogens is 228 g/mol. The first kappa shape index (κ1) is 15.7. The molecule has 0 unspecified atom stereocenters. The average Bonchev–Trinajstić information content (AvgIpc) is 2.27. The Hall–Kier alpha value is -0.320. The van der Waals surface area contributed by atoms with E-state index in [1.165, 1.54) is 0 Å². The number of hydrogen-bond donors (Lipinski definition) is 1. The van der Waals surface area contributed by atoms with E-state index in [4.69, 9.17) is 4.74 Å². The highest BCUT2D eigenvalue weighted by atomic mass is 35.5. The fourth-order valence-electron chi connectivity index (χ4n) is 1.89. The lowest BCUT2D eigenvalue weighted by Gasteiger charge is -2.38. The third-order valence-corrected chi connectivity index (χ3v) is 3.29. The van der Waals surface area contributed by atoms with Gasteiger partial charge in [0.15, 0.2) is 0 Å². The van der Waals surface area contributed by atoms with Crippen molar-refractivity contribution in [2.45, 2.75) is 38.3 Å². The predicted molar refractivity (Wildman–Crippen MR) is 67.0 cm³/mol. The molecule has 0 aliphatic carbocycles. The number of nitrogens with zero attached hydrogens (tertiary/aromatic N) is 1. The molecule has 0 saturated carbocycles. The number of piperidine rings is 1. The minimum absolute atomic E-state index is 0. The Morgan fingerprint density at radius 3 is 2.25 bits per heavy atom. The molecular formula is C11H23ClN2O2. The molecule has 0 spiro atoms. The molecule has 1 heterocycles. The molecule has 5 heteroatoms. The SMILES string of the molecule is COC1(C(=O)N(C)C(C)C)CCNCC1.Cl. The molecule has 1 rings (SSSR count). The maximum absolute atomic E-state index is 12.3. The van der Waals surface area contributed by atoms with Gasteiger partial charge in [0.25, 0.3) is 5.91 Å². The Kier molecular flexibility index (Phi) is 6.30. The number of halogens is 1. The van der Waals surface area contributed by atoms with E-state index in [0.29, 0.717) is 0 Å².